The van der Waals surface area contributed by atoms with Crippen LogP contribution in [0.2, 0.25) is 0 Å². The van der Waals surface area contributed by atoms with Crippen molar-refractivity contribution in [2.75, 3.05) is 6.54 Å². The molecule has 0 fully saturated rings. The van der Waals surface area contributed by atoms with Gasteiger partial charge in [-0.15, -0.1) is 0 Å². The summed E-state index contributed by atoms with van der Waals surface area (Å²) in [5, 5.41) is 23.8. The fraction of sp³-hybridized carbons (Fsp3) is 0.600. The molecule has 64 valence electrons. The van der Waals surface area contributed by atoms with Crippen molar-refractivity contribution in [3.8, 4) is 6.19 Å². The van der Waals surface area contributed by atoms with Crippen LogP contribution in [0.5, 0.6) is 0 Å². The van der Waals surface area contributed by atoms with Crippen molar-refractivity contribution in [1.82, 2.24) is 9.91 Å². The van der Waals surface area contributed by atoms with Gasteiger partial charge in [0.25, 0.3) is 0 Å². The molecule has 0 aromatic rings. The number of nitro groups is 1. The Morgan fingerprint density at radius 1 is 1.92 bits per heavy atom. The molecular weight excluding hydrogens is 162 g/mol. The summed E-state index contributed by atoms with van der Waals surface area (Å²) in [4.78, 5) is 10.8. The molecule has 1 rings (SSSR count). The molecule has 0 saturated carbocycles. The molecule has 1 aliphatic heterocycles. The first-order chi connectivity index (χ1) is 5.70. The first-order valence-electron chi connectivity index (χ1n) is 3.33. The van der Waals surface area contributed by atoms with Crippen molar-refractivity contribution in [1.29, 1.82) is 5.26 Å². The third-order valence-corrected chi connectivity index (χ3v) is 1.47. The Kier molecular flexibility index (Phi) is 2.09. The zero-order chi connectivity index (χ0) is 9.14. The molecule has 0 radical (unpaired) electrons. The minimum absolute atomic E-state index is 0.403. The number of nitriles is 1. The van der Waals surface area contributed by atoms with Gasteiger partial charge >= 0.3 is 6.29 Å². The summed E-state index contributed by atoms with van der Waals surface area (Å²) in [6, 6.07) is 0. The van der Waals surface area contributed by atoms with Crippen molar-refractivity contribution in [2.24, 2.45) is 5.10 Å². The summed E-state index contributed by atoms with van der Waals surface area (Å²) in [6.07, 6.45) is 1.64. The first-order valence-corrected chi connectivity index (χ1v) is 3.33. The Morgan fingerprint density at radius 2 is 2.58 bits per heavy atom. The molecular formula is C5H7N5O2. The Balaban J connectivity index is 2.80. The van der Waals surface area contributed by atoms with E-state index in [1.54, 1.807) is 13.1 Å². The maximum absolute atomic E-state index is 10.4. The maximum Gasteiger partial charge on any atom is 0.396 e. The van der Waals surface area contributed by atoms with Crippen molar-refractivity contribution in [3.05, 3.63) is 10.1 Å². The summed E-state index contributed by atoms with van der Waals surface area (Å²) in [5.41, 5.74) is 0. The van der Waals surface area contributed by atoms with Gasteiger partial charge in [0, 0.05) is 6.54 Å². The highest BCUT2D eigenvalue weighted by Gasteiger charge is 2.37. The molecule has 1 aliphatic rings. The van der Waals surface area contributed by atoms with Gasteiger partial charge in [0.15, 0.2) is 6.19 Å². The summed E-state index contributed by atoms with van der Waals surface area (Å²) >= 11 is 0. The van der Waals surface area contributed by atoms with Crippen molar-refractivity contribution in [3.63, 3.8) is 0 Å². The lowest BCUT2D eigenvalue weighted by atomic mass is 10.6. The normalized spacial score (nSPS) is 21.2. The van der Waals surface area contributed by atoms with Crippen LogP contribution in [0, 0.1) is 21.6 Å². The summed E-state index contributed by atoms with van der Waals surface area (Å²) in [5.74, 6) is 0. The van der Waals surface area contributed by atoms with Crippen LogP contribution in [0.4, 0.5) is 0 Å². The Bertz CT molecular complexity index is 257. The minimum Gasteiger partial charge on any atom is -0.261 e. The highest BCUT2D eigenvalue weighted by atomic mass is 16.6. The summed E-state index contributed by atoms with van der Waals surface area (Å²) in [6.45, 7) is 2.13. The molecule has 0 aromatic carbocycles. The Hall–Kier alpha value is -1.84. The van der Waals surface area contributed by atoms with Crippen LogP contribution >= 0.6 is 0 Å². The number of nitrogens with zero attached hydrogens (tertiary/aromatic N) is 5. The number of hydrazone groups is 1. The molecule has 7 heteroatoms. The van der Waals surface area contributed by atoms with Gasteiger partial charge in [0.1, 0.15) is 6.34 Å². The van der Waals surface area contributed by atoms with E-state index in [9.17, 15) is 10.1 Å². The lowest BCUT2D eigenvalue weighted by Gasteiger charge is -2.16. The van der Waals surface area contributed by atoms with Gasteiger partial charge in [-0.2, -0.15) is 15.3 Å². The molecule has 7 nitrogen and oxygen atoms in total. The molecule has 0 aliphatic carbocycles. The van der Waals surface area contributed by atoms with Gasteiger partial charge in [-0.1, -0.05) is 0 Å². The van der Waals surface area contributed by atoms with E-state index in [-0.39, 0.29) is 0 Å². The van der Waals surface area contributed by atoms with Crippen LogP contribution in [-0.4, -0.2) is 34.0 Å². The average molecular weight is 169 g/mol. The predicted octanol–water partition coefficient (Wildman–Crippen LogP) is -0.391. The molecule has 0 bridgehead atoms. The van der Waals surface area contributed by atoms with Crippen LogP contribution in [-0.2, 0) is 0 Å². The van der Waals surface area contributed by atoms with Gasteiger partial charge < -0.3 is 0 Å². The molecule has 1 atom stereocenters. The number of hydrogen-bond donors (Lipinski definition) is 0. The highest BCUT2D eigenvalue weighted by Crippen LogP contribution is 2.10. The van der Waals surface area contributed by atoms with Crippen molar-refractivity contribution < 1.29 is 4.92 Å². The molecule has 12 heavy (non-hydrogen) atoms. The van der Waals surface area contributed by atoms with Gasteiger partial charge in [0.05, 0.1) is 4.92 Å². The van der Waals surface area contributed by atoms with Crippen molar-refractivity contribution in [2.45, 2.75) is 13.2 Å². The minimum atomic E-state index is -1.17. The highest BCUT2D eigenvalue weighted by molar-refractivity contribution is 5.58. The topological polar surface area (TPSA) is 85.8 Å². The molecule has 1 unspecified atom stereocenters. The average Bonchev–Trinajstić information content (AvgIpc) is 2.46. The fourth-order valence-electron chi connectivity index (χ4n) is 0.918. The third kappa shape index (κ3) is 1.14. The predicted molar refractivity (Wildman–Crippen MR) is 39.1 cm³/mol. The zero-order valence-corrected chi connectivity index (χ0v) is 6.41. The van der Waals surface area contributed by atoms with Crippen LogP contribution in [0.1, 0.15) is 6.92 Å². The standard InChI is InChI=1S/C5H7N5O2/c1-2-9-5(10(11)12)8(3-6)4-7-9/h4-5H,2H2,1H3. The van der Waals surface area contributed by atoms with E-state index in [0.29, 0.717) is 6.54 Å². The monoisotopic (exact) mass is 169 g/mol. The maximum atomic E-state index is 10.4. The van der Waals surface area contributed by atoms with E-state index in [1.165, 1.54) is 5.01 Å². The van der Waals surface area contributed by atoms with Gasteiger partial charge in [0.2, 0.25) is 0 Å². The Morgan fingerprint density at radius 3 is 3.00 bits per heavy atom. The lowest BCUT2D eigenvalue weighted by molar-refractivity contribution is -0.566. The second kappa shape index (κ2) is 3.04. The fourth-order valence-corrected chi connectivity index (χ4v) is 0.918. The van der Waals surface area contributed by atoms with Crippen molar-refractivity contribution >= 4 is 6.34 Å². The van der Waals surface area contributed by atoms with Gasteiger partial charge in [-0.3, -0.25) is 10.1 Å². The van der Waals surface area contributed by atoms with E-state index in [1.807, 2.05) is 0 Å². The third-order valence-electron chi connectivity index (χ3n) is 1.47. The molecule has 0 aromatic heterocycles. The summed E-state index contributed by atoms with van der Waals surface area (Å²) < 4.78 is 0. The van der Waals surface area contributed by atoms with E-state index < -0.39 is 11.2 Å². The quantitative estimate of drug-likeness (QED) is 0.319. The molecule has 0 amide bonds. The lowest BCUT2D eigenvalue weighted by Crippen LogP contribution is -2.43. The largest absolute Gasteiger partial charge is 0.396 e. The van der Waals surface area contributed by atoms with E-state index in [4.69, 9.17) is 5.26 Å². The van der Waals surface area contributed by atoms with Crippen LogP contribution in [0.15, 0.2) is 5.10 Å². The molecule has 0 N–H and O–H groups in total. The van der Waals surface area contributed by atoms with E-state index in [0.717, 1.165) is 11.2 Å². The van der Waals surface area contributed by atoms with Crippen LogP contribution < -0.4 is 0 Å². The summed E-state index contributed by atoms with van der Waals surface area (Å²) in [7, 11) is 0. The van der Waals surface area contributed by atoms with Gasteiger partial charge in [-0.05, 0) is 6.92 Å². The van der Waals surface area contributed by atoms with Gasteiger partial charge in [-0.25, -0.2) is 5.01 Å². The van der Waals surface area contributed by atoms with Crippen LogP contribution in [0.3, 0.4) is 0 Å². The SMILES string of the molecule is CCN1N=CN(C#N)C1[N+](=O)[O-]. The zero-order valence-electron chi connectivity index (χ0n) is 6.41. The first kappa shape index (κ1) is 8.26. The second-order valence-corrected chi connectivity index (χ2v) is 2.13. The Labute approximate surface area is 68.6 Å². The smallest absolute Gasteiger partial charge is 0.261 e. The van der Waals surface area contributed by atoms with E-state index in [2.05, 4.69) is 5.10 Å². The second-order valence-electron chi connectivity index (χ2n) is 2.13. The van der Waals surface area contributed by atoms with E-state index >= 15 is 0 Å². The number of hydrogen-bond acceptors (Lipinski definition) is 6. The number of rotatable bonds is 2. The molecule has 0 spiro atoms. The molecule has 1 heterocycles. The van der Waals surface area contributed by atoms with Crippen LogP contribution in [0.25, 0.3) is 0 Å². The molecule has 0 saturated heterocycles.